The number of amides is 1. The van der Waals surface area contributed by atoms with Crippen molar-refractivity contribution in [3.05, 3.63) is 64.9 Å². The van der Waals surface area contributed by atoms with Gasteiger partial charge in [-0.1, -0.05) is 25.3 Å². The van der Waals surface area contributed by atoms with E-state index in [9.17, 15) is 9.18 Å². The second-order valence-electron chi connectivity index (χ2n) is 8.03. The number of nitrogens with zero attached hydrogens (tertiary/aromatic N) is 4. The van der Waals surface area contributed by atoms with Gasteiger partial charge in [0.2, 0.25) is 0 Å². The van der Waals surface area contributed by atoms with Gasteiger partial charge in [-0.25, -0.2) is 9.38 Å². The molecule has 0 radical (unpaired) electrons. The summed E-state index contributed by atoms with van der Waals surface area (Å²) in [6, 6.07) is 12.3. The van der Waals surface area contributed by atoms with Crippen LogP contribution in [0.2, 0.25) is 0 Å². The summed E-state index contributed by atoms with van der Waals surface area (Å²) < 4.78 is 15.1. The first-order valence-corrected chi connectivity index (χ1v) is 11.4. The quantitative estimate of drug-likeness (QED) is 0.501. The Morgan fingerprint density at radius 3 is 2.68 bits per heavy atom. The van der Waals surface area contributed by atoms with Crippen molar-refractivity contribution in [2.75, 3.05) is 0 Å². The van der Waals surface area contributed by atoms with Gasteiger partial charge in [-0.15, -0.1) is 0 Å². The maximum atomic E-state index is 13.4. The van der Waals surface area contributed by atoms with Gasteiger partial charge >= 0.3 is 0 Å². The molecule has 5 rings (SSSR count). The van der Waals surface area contributed by atoms with E-state index < -0.39 is 0 Å². The van der Waals surface area contributed by atoms with Crippen molar-refractivity contribution in [3.63, 3.8) is 0 Å². The highest BCUT2D eigenvalue weighted by molar-refractivity contribution is 8.18. The number of carbonyl (C=O) groups is 1. The van der Waals surface area contributed by atoms with E-state index in [0.29, 0.717) is 15.8 Å². The number of hydrogen-bond donors (Lipinski definition) is 0. The van der Waals surface area contributed by atoms with E-state index >= 15 is 0 Å². The summed E-state index contributed by atoms with van der Waals surface area (Å²) in [6.45, 7) is 0. The van der Waals surface area contributed by atoms with Crippen molar-refractivity contribution in [1.29, 1.82) is 0 Å². The number of halogens is 1. The second kappa shape index (κ2) is 8.30. The minimum atomic E-state index is -0.297. The maximum absolute atomic E-state index is 13.4. The summed E-state index contributed by atoms with van der Waals surface area (Å²) in [4.78, 5) is 20.7. The van der Waals surface area contributed by atoms with Gasteiger partial charge in [0, 0.05) is 18.5 Å². The molecule has 2 fully saturated rings. The number of thioether (sulfide) groups is 1. The zero-order chi connectivity index (χ0) is 21.4. The molecule has 158 valence electrons. The first-order chi connectivity index (χ1) is 15.1. The summed E-state index contributed by atoms with van der Waals surface area (Å²) in [6.07, 6.45) is 9.20. The van der Waals surface area contributed by atoms with Crippen molar-refractivity contribution in [2.45, 2.75) is 38.1 Å². The van der Waals surface area contributed by atoms with Crippen LogP contribution in [0, 0.1) is 5.82 Å². The molecule has 7 heteroatoms. The van der Waals surface area contributed by atoms with E-state index in [4.69, 9.17) is 4.99 Å². The minimum absolute atomic E-state index is 0.00375. The molecule has 1 aliphatic heterocycles. The van der Waals surface area contributed by atoms with Crippen LogP contribution in [0.4, 0.5) is 10.1 Å². The Kier molecular flexibility index (Phi) is 5.36. The first-order valence-electron chi connectivity index (χ1n) is 10.6. The molecule has 3 aromatic rings. The molecule has 2 heterocycles. The fraction of sp³-hybridized carbons (Fsp3) is 0.292. The molecule has 5 nitrogen and oxygen atoms in total. The van der Waals surface area contributed by atoms with Crippen LogP contribution >= 0.6 is 11.8 Å². The number of rotatable bonds is 3. The zero-order valence-electron chi connectivity index (χ0n) is 17.3. The Balaban J connectivity index is 1.51. The minimum Gasteiger partial charge on any atom is -0.283 e. The van der Waals surface area contributed by atoms with Crippen molar-refractivity contribution in [3.8, 4) is 0 Å². The molecule has 0 N–H and O–H groups in total. The normalized spacial score (nSPS) is 20.5. The molecule has 1 saturated heterocycles. The lowest BCUT2D eigenvalue weighted by atomic mass is 9.94. The Hall–Kier alpha value is -2.93. The first kappa shape index (κ1) is 20.0. The maximum Gasteiger partial charge on any atom is 0.267 e. The number of fused-ring (bicyclic) bond motifs is 1. The van der Waals surface area contributed by atoms with E-state index in [2.05, 4.69) is 5.10 Å². The average Bonchev–Trinajstić information content (AvgIpc) is 3.30. The van der Waals surface area contributed by atoms with E-state index in [1.54, 1.807) is 12.1 Å². The van der Waals surface area contributed by atoms with Gasteiger partial charge in [0.25, 0.3) is 5.91 Å². The van der Waals surface area contributed by atoms with Crippen LogP contribution < -0.4 is 0 Å². The Labute approximate surface area is 184 Å². The average molecular weight is 435 g/mol. The third-order valence-electron chi connectivity index (χ3n) is 5.90. The lowest BCUT2D eigenvalue weighted by Gasteiger charge is -2.30. The molecular weight excluding hydrogens is 411 g/mol. The number of hydrogen-bond acceptors (Lipinski definition) is 4. The predicted octanol–water partition coefficient (Wildman–Crippen LogP) is 5.65. The van der Waals surface area contributed by atoms with Crippen LogP contribution in [0.3, 0.4) is 0 Å². The molecule has 0 spiro atoms. The molecule has 0 unspecified atom stereocenters. The van der Waals surface area contributed by atoms with Gasteiger partial charge in [0.15, 0.2) is 5.17 Å². The van der Waals surface area contributed by atoms with Crippen LogP contribution in [-0.2, 0) is 11.8 Å². The third kappa shape index (κ3) is 4.02. The largest absolute Gasteiger partial charge is 0.283 e. The topological polar surface area (TPSA) is 50.5 Å². The number of carbonyl (C=O) groups excluding carboxylic acids is 1. The van der Waals surface area contributed by atoms with Gasteiger partial charge in [0.1, 0.15) is 5.82 Å². The lowest BCUT2D eigenvalue weighted by molar-refractivity contribution is -0.124. The fourth-order valence-electron chi connectivity index (χ4n) is 4.28. The van der Waals surface area contributed by atoms with E-state index in [1.165, 1.54) is 30.3 Å². The predicted molar refractivity (Wildman–Crippen MR) is 123 cm³/mol. The molecular formula is C24H23FN4OS. The summed E-state index contributed by atoms with van der Waals surface area (Å²) in [5.41, 5.74) is 2.66. The zero-order valence-corrected chi connectivity index (χ0v) is 18.1. The van der Waals surface area contributed by atoms with Crippen LogP contribution in [-0.4, -0.2) is 31.8 Å². The molecule has 2 aromatic carbocycles. The van der Waals surface area contributed by atoms with Crippen LogP contribution in [0.5, 0.6) is 0 Å². The van der Waals surface area contributed by atoms with E-state index in [0.717, 1.165) is 42.1 Å². The van der Waals surface area contributed by atoms with Crippen LogP contribution in [0.25, 0.3) is 17.0 Å². The third-order valence-corrected chi connectivity index (χ3v) is 6.88. The second-order valence-corrected chi connectivity index (χ2v) is 9.04. The van der Waals surface area contributed by atoms with Crippen molar-refractivity contribution in [2.24, 2.45) is 12.0 Å². The smallest absolute Gasteiger partial charge is 0.267 e. The number of aromatic nitrogens is 2. The highest BCUT2D eigenvalue weighted by atomic mass is 32.2. The van der Waals surface area contributed by atoms with Gasteiger partial charge in [0.05, 0.1) is 22.3 Å². The Bertz CT molecular complexity index is 1190. The lowest BCUT2D eigenvalue weighted by Crippen LogP contribution is -2.40. The number of aliphatic imine (C=N–C) groups is 1. The summed E-state index contributed by atoms with van der Waals surface area (Å²) in [5.74, 6) is -0.293. The number of benzene rings is 2. The van der Waals surface area contributed by atoms with Crippen molar-refractivity contribution in [1.82, 2.24) is 14.7 Å². The van der Waals surface area contributed by atoms with Gasteiger partial charge < -0.3 is 0 Å². The van der Waals surface area contributed by atoms with Gasteiger partial charge in [-0.2, -0.15) is 5.10 Å². The summed E-state index contributed by atoms with van der Waals surface area (Å²) in [5, 5.41) is 6.01. The molecule has 1 aromatic heterocycles. The Morgan fingerprint density at radius 2 is 1.90 bits per heavy atom. The SMILES string of the molecule is Cn1ncc2cc(/C=C3\S/C(=N\c4ccc(F)cc4)N(C4CCCCC4)C3=O)ccc21. The number of amidine groups is 1. The molecule has 1 saturated carbocycles. The number of aryl methyl sites for hydroxylation is 1. The van der Waals surface area contributed by atoms with Crippen LogP contribution in [0.1, 0.15) is 37.7 Å². The monoisotopic (exact) mass is 434 g/mol. The standard InChI is InChI=1S/C24H23FN4OS/c1-28-21-12-7-16(13-17(21)15-26-28)14-22-23(30)29(20-5-3-2-4-6-20)24(31-22)27-19-10-8-18(25)9-11-19/h7-15,20H,2-6H2,1H3/b22-14-,27-24-. The van der Waals surface area contributed by atoms with E-state index in [-0.39, 0.29) is 17.8 Å². The molecule has 2 aliphatic rings. The van der Waals surface area contributed by atoms with Gasteiger partial charge in [-0.05, 0) is 72.6 Å². The van der Waals surface area contributed by atoms with Gasteiger partial charge in [-0.3, -0.25) is 14.4 Å². The summed E-state index contributed by atoms with van der Waals surface area (Å²) >= 11 is 1.40. The Morgan fingerprint density at radius 1 is 1.13 bits per heavy atom. The highest BCUT2D eigenvalue weighted by Gasteiger charge is 2.38. The van der Waals surface area contributed by atoms with Crippen LogP contribution in [0.15, 0.2) is 58.6 Å². The van der Waals surface area contributed by atoms with Crippen molar-refractivity contribution >= 4 is 45.5 Å². The van der Waals surface area contributed by atoms with E-state index in [1.807, 2.05) is 47.1 Å². The van der Waals surface area contributed by atoms with Crippen molar-refractivity contribution < 1.29 is 9.18 Å². The fourth-order valence-corrected chi connectivity index (χ4v) is 5.33. The molecule has 31 heavy (non-hydrogen) atoms. The molecule has 0 atom stereocenters. The summed E-state index contributed by atoms with van der Waals surface area (Å²) in [7, 11) is 1.91. The highest BCUT2D eigenvalue weighted by Crippen LogP contribution is 2.38. The molecule has 0 bridgehead atoms. The molecule has 1 aliphatic carbocycles. The molecule has 1 amide bonds.